The fourth-order valence-corrected chi connectivity index (χ4v) is 2.15. The maximum Gasteiger partial charge on any atom is 0.140 e. The molecule has 1 rings (SSSR count). The molecule has 0 aromatic heterocycles. The van der Waals surface area contributed by atoms with Gasteiger partial charge in [0.2, 0.25) is 0 Å². The summed E-state index contributed by atoms with van der Waals surface area (Å²) in [5, 5.41) is 0. The molecule has 12 heavy (non-hydrogen) atoms. The van der Waals surface area contributed by atoms with Crippen LogP contribution in [-0.4, -0.2) is 5.78 Å². The number of hydrogen-bond donors (Lipinski definition) is 0. The first-order chi connectivity index (χ1) is 5.72. The Morgan fingerprint density at radius 1 is 1.33 bits per heavy atom. The number of rotatable bonds is 1. The lowest BCUT2D eigenvalue weighted by Crippen LogP contribution is -2.15. The van der Waals surface area contributed by atoms with Crippen molar-refractivity contribution in [3.05, 3.63) is 11.1 Å². The first kappa shape index (κ1) is 9.97. The molecule has 0 aromatic rings. The molecule has 1 atom stereocenters. The zero-order chi connectivity index (χ0) is 8.97. The molecule has 0 radical (unpaired) electrons. The van der Waals surface area contributed by atoms with E-state index in [1.54, 1.807) is 0 Å². The van der Waals surface area contributed by atoms with Crippen LogP contribution in [0.15, 0.2) is 11.1 Å². The third kappa shape index (κ3) is 2.74. The second-order valence-electron chi connectivity index (χ2n) is 3.42. The van der Waals surface area contributed by atoms with Crippen LogP contribution in [0.4, 0.5) is 0 Å². The number of allylic oxidation sites excluding steroid dienone is 1. The van der Waals surface area contributed by atoms with Gasteiger partial charge in [-0.25, -0.2) is 0 Å². The lowest BCUT2D eigenvalue weighted by molar-refractivity contribution is -0.122. The quantitative estimate of drug-likeness (QED) is 0.675. The number of halogens is 1. The van der Waals surface area contributed by atoms with Crippen LogP contribution in [0, 0.1) is 5.92 Å². The Morgan fingerprint density at radius 3 is 2.67 bits per heavy atom. The highest BCUT2D eigenvalue weighted by Gasteiger charge is 2.20. The third-order valence-electron chi connectivity index (χ3n) is 2.43. The van der Waals surface area contributed by atoms with Gasteiger partial charge in [-0.2, -0.15) is 0 Å². The molecule has 2 heteroatoms. The zero-order valence-electron chi connectivity index (χ0n) is 7.31. The minimum absolute atomic E-state index is 0.0882. The van der Waals surface area contributed by atoms with E-state index in [4.69, 9.17) is 0 Å². The first-order valence-corrected chi connectivity index (χ1v) is 5.38. The summed E-state index contributed by atoms with van der Waals surface area (Å²) in [4.78, 5) is 11.5. The molecule has 1 nitrogen and oxygen atoms in total. The largest absolute Gasteiger partial charge is 0.299 e. The molecule has 0 aromatic carbocycles. The Bertz CT molecular complexity index is 186. The van der Waals surface area contributed by atoms with Gasteiger partial charge in [-0.15, -0.1) is 0 Å². The van der Waals surface area contributed by atoms with Crippen molar-refractivity contribution in [3.63, 3.8) is 0 Å². The maximum atomic E-state index is 11.5. The number of ketones is 1. The Balaban J connectivity index is 2.55. The molecule has 0 bridgehead atoms. The van der Waals surface area contributed by atoms with Crippen LogP contribution in [0.25, 0.3) is 0 Å². The van der Waals surface area contributed by atoms with Gasteiger partial charge in [0.05, 0.1) is 0 Å². The lowest BCUT2D eigenvalue weighted by Gasteiger charge is -2.17. The summed E-state index contributed by atoms with van der Waals surface area (Å²) < 4.78 is 0.870. The molecular formula is C10H15BrO. The zero-order valence-corrected chi connectivity index (χ0v) is 8.90. The number of carbonyl (C=O) groups excluding carboxylic acids is 1. The Morgan fingerprint density at radius 2 is 2.00 bits per heavy atom. The van der Waals surface area contributed by atoms with E-state index in [2.05, 4.69) is 22.5 Å². The molecule has 0 amide bonds. The fourth-order valence-electron chi connectivity index (χ4n) is 1.67. The molecule has 1 fully saturated rings. The van der Waals surface area contributed by atoms with E-state index < -0.39 is 0 Å². The van der Waals surface area contributed by atoms with Gasteiger partial charge in [0.1, 0.15) is 5.78 Å². The van der Waals surface area contributed by atoms with Crippen molar-refractivity contribution in [2.45, 2.75) is 38.5 Å². The van der Waals surface area contributed by atoms with E-state index in [-0.39, 0.29) is 5.92 Å². The molecule has 0 spiro atoms. The molecule has 0 N–H and O–H groups in total. The SMILES string of the molecule is C=C(Br)C1CCCCCCC1=O. The van der Waals surface area contributed by atoms with Crippen LogP contribution in [-0.2, 0) is 4.79 Å². The molecule has 1 aliphatic carbocycles. The van der Waals surface area contributed by atoms with Crippen molar-refractivity contribution in [1.82, 2.24) is 0 Å². The van der Waals surface area contributed by atoms with Crippen molar-refractivity contribution in [2.75, 3.05) is 0 Å². The van der Waals surface area contributed by atoms with Crippen molar-refractivity contribution in [2.24, 2.45) is 5.92 Å². The smallest absolute Gasteiger partial charge is 0.140 e. The standard InChI is InChI=1S/C10H15BrO/c1-8(11)9-6-4-2-3-5-7-10(9)12/h9H,1-7H2. The maximum absolute atomic E-state index is 11.5. The minimum atomic E-state index is 0.0882. The van der Waals surface area contributed by atoms with Crippen LogP contribution in [0.1, 0.15) is 38.5 Å². The average Bonchev–Trinajstić information content (AvgIpc) is 1.96. The number of Topliss-reactive ketones (excluding diaryl/α,β-unsaturated/α-hetero) is 1. The molecule has 0 aliphatic heterocycles. The summed E-state index contributed by atoms with van der Waals surface area (Å²) in [7, 11) is 0. The van der Waals surface area contributed by atoms with Gasteiger partial charge >= 0.3 is 0 Å². The van der Waals surface area contributed by atoms with Crippen LogP contribution < -0.4 is 0 Å². The second kappa shape index (κ2) is 4.80. The van der Waals surface area contributed by atoms with Crippen LogP contribution >= 0.6 is 15.9 Å². The normalized spacial score (nSPS) is 26.1. The number of hydrogen-bond acceptors (Lipinski definition) is 1. The predicted octanol–water partition coefficient (Wildman–Crippen LogP) is 3.43. The Hall–Kier alpha value is -0.110. The molecule has 1 unspecified atom stereocenters. The highest BCUT2D eigenvalue weighted by molar-refractivity contribution is 9.11. The highest BCUT2D eigenvalue weighted by Crippen LogP contribution is 2.27. The van der Waals surface area contributed by atoms with Gasteiger partial charge in [0, 0.05) is 12.3 Å². The van der Waals surface area contributed by atoms with Gasteiger partial charge in [-0.05, 0) is 17.3 Å². The molecular weight excluding hydrogens is 216 g/mol. The van der Waals surface area contributed by atoms with Crippen molar-refractivity contribution >= 4 is 21.7 Å². The summed E-state index contributed by atoms with van der Waals surface area (Å²) in [6, 6.07) is 0. The van der Waals surface area contributed by atoms with E-state index in [0.717, 1.165) is 23.7 Å². The topological polar surface area (TPSA) is 17.1 Å². The van der Waals surface area contributed by atoms with E-state index in [0.29, 0.717) is 5.78 Å². The average molecular weight is 231 g/mol. The Kier molecular flexibility index (Phi) is 3.99. The van der Waals surface area contributed by atoms with Crippen molar-refractivity contribution < 1.29 is 4.79 Å². The molecule has 0 saturated heterocycles. The predicted molar refractivity (Wildman–Crippen MR) is 54.3 cm³/mol. The van der Waals surface area contributed by atoms with E-state index in [9.17, 15) is 4.79 Å². The monoisotopic (exact) mass is 230 g/mol. The van der Waals surface area contributed by atoms with E-state index in [1.807, 2.05) is 0 Å². The van der Waals surface area contributed by atoms with Crippen LogP contribution in [0.2, 0.25) is 0 Å². The summed E-state index contributed by atoms with van der Waals surface area (Å²) >= 11 is 3.32. The van der Waals surface area contributed by atoms with E-state index in [1.165, 1.54) is 19.3 Å². The molecule has 1 aliphatic rings. The molecule has 1 saturated carbocycles. The highest BCUT2D eigenvalue weighted by atomic mass is 79.9. The number of carbonyl (C=O) groups is 1. The summed E-state index contributed by atoms with van der Waals surface area (Å²) in [5.41, 5.74) is 0. The van der Waals surface area contributed by atoms with Gasteiger partial charge in [0.15, 0.2) is 0 Å². The lowest BCUT2D eigenvalue weighted by atomic mass is 9.90. The first-order valence-electron chi connectivity index (χ1n) is 4.59. The Labute approximate surface area is 82.4 Å². The summed E-state index contributed by atoms with van der Waals surface area (Å²) in [6.07, 6.45) is 6.45. The summed E-state index contributed by atoms with van der Waals surface area (Å²) in [6.45, 7) is 3.80. The van der Waals surface area contributed by atoms with Crippen molar-refractivity contribution in [1.29, 1.82) is 0 Å². The fraction of sp³-hybridized carbons (Fsp3) is 0.700. The van der Waals surface area contributed by atoms with Gasteiger partial charge in [0.25, 0.3) is 0 Å². The second-order valence-corrected chi connectivity index (χ2v) is 4.44. The van der Waals surface area contributed by atoms with Gasteiger partial charge in [-0.1, -0.05) is 41.8 Å². The third-order valence-corrected chi connectivity index (χ3v) is 2.99. The minimum Gasteiger partial charge on any atom is -0.299 e. The van der Waals surface area contributed by atoms with E-state index >= 15 is 0 Å². The molecule has 68 valence electrons. The van der Waals surface area contributed by atoms with Gasteiger partial charge in [-0.3, -0.25) is 4.79 Å². The van der Waals surface area contributed by atoms with Gasteiger partial charge < -0.3 is 0 Å². The summed E-state index contributed by atoms with van der Waals surface area (Å²) in [5.74, 6) is 0.460. The van der Waals surface area contributed by atoms with Crippen LogP contribution in [0.3, 0.4) is 0 Å². The van der Waals surface area contributed by atoms with Crippen LogP contribution in [0.5, 0.6) is 0 Å². The molecule has 0 heterocycles. The van der Waals surface area contributed by atoms with Crippen molar-refractivity contribution in [3.8, 4) is 0 Å².